The SMILES string of the molecule is CC=Cc1ccc(OC(=O)Cc2ccco2)c(OC)c1C. The summed E-state index contributed by atoms with van der Waals surface area (Å²) in [6.07, 6.45) is 5.54. The van der Waals surface area contributed by atoms with Crippen molar-refractivity contribution in [3.05, 3.63) is 53.5 Å². The summed E-state index contributed by atoms with van der Waals surface area (Å²) in [6, 6.07) is 7.10. The maximum Gasteiger partial charge on any atom is 0.319 e. The van der Waals surface area contributed by atoms with E-state index < -0.39 is 0 Å². The van der Waals surface area contributed by atoms with Gasteiger partial charge in [-0.3, -0.25) is 4.79 Å². The van der Waals surface area contributed by atoms with Gasteiger partial charge in [-0.1, -0.05) is 18.2 Å². The lowest BCUT2D eigenvalue weighted by molar-refractivity contribution is -0.134. The lowest BCUT2D eigenvalue weighted by atomic mass is 10.1. The molecule has 0 saturated carbocycles. The Bertz CT molecular complexity index is 639. The highest BCUT2D eigenvalue weighted by Gasteiger charge is 2.15. The number of methoxy groups -OCH3 is 1. The van der Waals surface area contributed by atoms with Crippen molar-refractivity contribution < 1.29 is 18.7 Å². The van der Waals surface area contributed by atoms with Crippen LogP contribution in [0.2, 0.25) is 0 Å². The van der Waals surface area contributed by atoms with Gasteiger partial charge in [0.05, 0.1) is 13.4 Å². The highest BCUT2D eigenvalue weighted by atomic mass is 16.6. The first-order chi connectivity index (χ1) is 10.2. The zero-order valence-corrected chi connectivity index (χ0v) is 12.4. The van der Waals surface area contributed by atoms with Gasteiger partial charge in [0, 0.05) is 5.56 Å². The number of carbonyl (C=O) groups excluding carboxylic acids is 1. The Morgan fingerprint density at radius 3 is 2.76 bits per heavy atom. The van der Waals surface area contributed by atoms with Crippen molar-refractivity contribution in [1.82, 2.24) is 0 Å². The summed E-state index contributed by atoms with van der Waals surface area (Å²) in [6.45, 7) is 3.88. The van der Waals surface area contributed by atoms with Gasteiger partial charge in [0.15, 0.2) is 11.5 Å². The first kappa shape index (κ1) is 14.9. The Labute approximate surface area is 124 Å². The van der Waals surface area contributed by atoms with E-state index in [0.29, 0.717) is 17.3 Å². The van der Waals surface area contributed by atoms with Crippen LogP contribution in [0.3, 0.4) is 0 Å². The van der Waals surface area contributed by atoms with Gasteiger partial charge in [-0.2, -0.15) is 0 Å². The highest BCUT2D eigenvalue weighted by Crippen LogP contribution is 2.33. The van der Waals surface area contributed by atoms with Gasteiger partial charge < -0.3 is 13.9 Å². The molecular weight excluding hydrogens is 268 g/mol. The van der Waals surface area contributed by atoms with Crippen LogP contribution in [-0.2, 0) is 11.2 Å². The number of hydrogen-bond donors (Lipinski definition) is 0. The Kier molecular flexibility index (Phi) is 4.82. The smallest absolute Gasteiger partial charge is 0.319 e. The molecule has 0 radical (unpaired) electrons. The van der Waals surface area contributed by atoms with Crippen LogP contribution < -0.4 is 9.47 Å². The van der Waals surface area contributed by atoms with E-state index in [1.54, 1.807) is 25.3 Å². The fraction of sp³-hybridized carbons (Fsp3) is 0.235. The predicted molar refractivity (Wildman–Crippen MR) is 80.5 cm³/mol. The van der Waals surface area contributed by atoms with Crippen LogP contribution >= 0.6 is 0 Å². The van der Waals surface area contributed by atoms with Gasteiger partial charge >= 0.3 is 5.97 Å². The standard InChI is InChI=1S/C17H18O4/c1-4-6-13-8-9-15(17(19-3)12(13)2)21-16(18)11-14-7-5-10-20-14/h4-10H,11H2,1-3H3. The molecule has 2 rings (SSSR count). The van der Waals surface area contributed by atoms with Crippen molar-refractivity contribution in [3.8, 4) is 11.5 Å². The number of hydrogen-bond acceptors (Lipinski definition) is 4. The van der Waals surface area contributed by atoms with Crippen molar-refractivity contribution in [2.75, 3.05) is 7.11 Å². The van der Waals surface area contributed by atoms with Crippen LogP contribution in [0.15, 0.2) is 41.0 Å². The van der Waals surface area contributed by atoms with E-state index in [-0.39, 0.29) is 12.4 Å². The van der Waals surface area contributed by atoms with Crippen molar-refractivity contribution in [2.45, 2.75) is 20.3 Å². The fourth-order valence-corrected chi connectivity index (χ4v) is 2.09. The molecule has 0 bridgehead atoms. The molecule has 0 N–H and O–H groups in total. The summed E-state index contributed by atoms with van der Waals surface area (Å²) in [5.41, 5.74) is 1.96. The molecule has 1 heterocycles. The quantitative estimate of drug-likeness (QED) is 0.620. The van der Waals surface area contributed by atoms with E-state index in [2.05, 4.69) is 0 Å². The van der Waals surface area contributed by atoms with Gasteiger partial charge in [0.1, 0.15) is 12.2 Å². The number of allylic oxidation sites excluding steroid dienone is 1. The summed E-state index contributed by atoms with van der Waals surface area (Å²) in [5.74, 6) is 1.17. The first-order valence-corrected chi connectivity index (χ1v) is 6.69. The molecule has 110 valence electrons. The zero-order chi connectivity index (χ0) is 15.2. The zero-order valence-electron chi connectivity index (χ0n) is 12.4. The van der Waals surface area contributed by atoms with Crippen LogP contribution in [0.25, 0.3) is 6.08 Å². The molecule has 1 aromatic heterocycles. The molecule has 0 amide bonds. The van der Waals surface area contributed by atoms with E-state index in [1.165, 1.54) is 6.26 Å². The average molecular weight is 286 g/mol. The summed E-state index contributed by atoms with van der Waals surface area (Å²) < 4.78 is 15.9. The summed E-state index contributed by atoms with van der Waals surface area (Å²) in [4.78, 5) is 11.9. The second-order valence-corrected chi connectivity index (χ2v) is 4.54. The molecule has 2 aromatic rings. The number of carbonyl (C=O) groups is 1. The molecule has 0 saturated heterocycles. The Hall–Kier alpha value is -2.49. The Morgan fingerprint density at radius 2 is 2.14 bits per heavy atom. The second-order valence-electron chi connectivity index (χ2n) is 4.54. The second kappa shape index (κ2) is 6.79. The van der Waals surface area contributed by atoms with Crippen LogP contribution in [0.1, 0.15) is 23.8 Å². The summed E-state index contributed by atoms with van der Waals surface area (Å²) in [7, 11) is 1.56. The van der Waals surface area contributed by atoms with Crippen molar-refractivity contribution in [2.24, 2.45) is 0 Å². The highest BCUT2D eigenvalue weighted by molar-refractivity contribution is 5.76. The van der Waals surface area contributed by atoms with Crippen LogP contribution in [0.5, 0.6) is 11.5 Å². The average Bonchev–Trinajstić information content (AvgIpc) is 2.95. The summed E-state index contributed by atoms with van der Waals surface area (Å²) >= 11 is 0. The van der Waals surface area contributed by atoms with Crippen LogP contribution in [-0.4, -0.2) is 13.1 Å². The molecule has 0 aliphatic carbocycles. The normalized spacial score (nSPS) is 10.8. The van der Waals surface area contributed by atoms with Gasteiger partial charge in [-0.25, -0.2) is 0 Å². The number of rotatable bonds is 5. The lowest BCUT2D eigenvalue weighted by Crippen LogP contribution is -2.12. The third-order valence-electron chi connectivity index (χ3n) is 3.08. The predicted octanol–water partition coefficient (Wildman–Crippen LogP) is 3.78. The minimum atomic E-state index is -0.388. The van der Waals surface area contributed by atoms with E-state index in [9.17, 15) is 4.79 Å². The van der Waals surface area contributed by atoms with E-state index in [1.807, 2.05) is 32.1 Å². The monoisotopic (exact) mass is 286 g/mol. The van der Waals surface area contributed by atoms with Gasteiger partial charge in [-0.15, -0.1) is 0 Å². The minimum absolute atomic E-state index is 0.0891. The topological polar surface area (TPSA) is 48.7 Å². The summed E-state index contributed by atoms with van der Waals surface area (Å²) in [5, 5.41) is 0. The third kappa shape index (κ3) is 3.54. The number of furan rings is 1. The molecule has 0 fully saturated rings. The fourth-order valence-electron chi connectivity index (χ4n) is 2.09. The molecule has 1 aromatic carbocycles. The van der Waals surface area contributed by atoms with Crippen LogP contribution in [0.4, 0.5) is 0 Å². The van der Waals surface area contributed by atoms with Gasteiger partial charge in [-0.05, 0) is 37.6 Å². The van der Waals surface area contributed by atoms with Gasteiger partial charge in [0.25, 0.3) is 0 Å². The molecule has 21 heavy (non-hydrogen) atoms. The Morgan fingerprint density at radius 1 is 1.33 bits per heavy atom. The molecule has 0 spiro atoms. The number of ether oxygens (including phenoxy) is 2. The number of benzene rings is 1. The van der Waals surface area contributed by atoms with E-state index >= 15 is 0 Å². The Balaban J connectivity index is 2.19. The number of esters is 1. The van der Waals surface area contributed by atoms with Crippen molar-refractivity contribution in [1.29, 1.82) is 0 Å². The van der Waals surface area contributed by atoms with Crippen molar-refractivity contribution >= 4 is 12.0 Å². The maximum absolute atomic E-state index is 11.9. The van der Waals surface area contributed by atoms with Crippen LogP contribution in [0, 0.1) is 6.92 Å². The first-order valence-electron chi connectivity index (χ1n) is 6.69. The lowest BCUT2D eigenvalue weighted by Gasteiger charge is -2.13. The molecule has 0 aliphatic rings. The molecule has 0 atom stereocenters. The molecule has 0 aliphatic heterocycles. The largest absolute Gasteiger partial charge is 0.493 e. The molecule has 0 unspecified atom stereocenters. The molecule has 4 nitrogen and oxygen atoms in total. The molecular formula is C17H18O4. The molecule has 4 heteroatoms. The minimum Gasteiger partial charge on any atom is -0.493 e. The third-order valence-corrected chi connectivity index (χ3v) is 3.08. The van der Waals surface area contributed by atoms with Gasteiger partial charge in [0.2, 0.25) is 0 Å². The maximum atomic E-state index is 11.9. The van der Waals surface area contributed by atoms with Crippen molar-refractivity contribution in [3.63, 3.8) is 0 Å². The van der Waals surface area contributed by atoms with E-state index in [0.717, 1.165) is 11.1 Å². The van der Waals surface area contributed by atoms with E-state index in [4.69, 9.17) is 13.9 Å².